The topological polar surface area (TPSA) is 365 Å². The molecule has 1 aromatic rings. The van der Waals surface area contributed by atoms with Crippen LogP contribution in [0.5, 0.6) is 5.75 Å². The van der Waals surface area contributed by atoms with Gasteiger partial charge in [0.25, 0.3) is 0 Å². The van der Waals surface area contributed by atoms with Crippen LogP contribution in [0.1, 0.15) is 72.3 Å². The number of rotatable bonds is 23. The van der Waals surface area contributed by atoms with Gasteiger partial charge in [-0.3, -0.25) is 47.9 Å². The second kappa shape index (κ2) is 23.3. The van der Waals surface area contributed by atoms with E-state index < -0.39 is 133 Å². The molecule has 1 heterocycles. The Labute approximate surface area is 346 Å². The van der Waals surface area contributed by atoms with Crippen LogP contribution in [0, 0.1) is 11.8 Å². The third-order valence-corrected chi connectivity index (χ3v) is 9.57. The van der Waals surface area contributed by atoms with Crippen molar-refractivity contribution in [2.24, 2.45) is 29.0 Å². The van der Waals surface area contributed by atoms with Crippen molar-refractivity contribution in [2.75, 3.05) is 13.2 Å². The molecule has 1 aliphatic rings. The maximum absolute atomic E-state index is 14.4. The SMILES string of the molecule is CC(=O)N[C@H](CO)C(=O)N[C@H](CCC(N)=O)C(=O)N[C@H](CC(N)=O)C(=O)N[C@@H](Cc1ccc(O)cc1)C(=O)N1CCC[C@H]1C(=O)N[C@H](C(=O)N[C@@H](C(N)=O)C(C)C)C(C)C. The van der Waals surface area contributed by atoms with Crippen LogP contribution in [0.15, 0.2) is 24.3 Å². The van der Waals surface area contributed by atoms with Crippen LogP contribution in [-0.2, 0) is 54.4 Å². The van der Waals surface area contributed by atoms with Gasteiger partial charge in [0, 0.05) is 26.3 Å². The van der Waals surface area contributed by atoms with Gasteiger partial charge >= 0.3 is 0 Å². The highest BCUT2D eigenvalue weighted by Gasteiger charge is 2.41. The van der Waals surface area contributed by atoms with Gasteiger partial charge in [0.2, 0.25) is 59.1 Å². The Morgan fingerprint density at radius 2 is 1.25 bits per heavy atom. The minimum absolute atomic E-state index is 0.0600. The summed E-state index contributed by atoms with van der Waals surface area (Å²) in [5.41, 5.74) is 16.6. The molecular formula is C38H58N10O12. The fourth-order valence-electron chi connectivity index (χ4n) is 6.39. The summed E-state index contributed by atoms with van der Waals surface area (Å²) in [6, 6.07) is -3.91. The Morgan fingerprint density at radius 3 is 1.77 bits per heavy atom. The molecule has 0 saturated carbocycles. The van der Waals surface area contributed by atoms with Crippen molar-refractivity contribution in [3.63, 3.8) is 0 Å². The molecule has 60 heavy (non-hydrogen) atoms. The van der Waals surface area contributed by atoms with Crippen LogP contribution >= 0.6 is 0 Å². The summed E-state index contributed by atoms with van der Waals surface area (Å²) in [4.78, 5) is 130. The Balaban J connectivity index is 2.43. The van der Waals surface area contributed by atoms with Crippen molar-refractivity contribution in [2.45, 2.75) is 115 Å². The predicted molar refractivity (Wildman–Crippen MR) is 212 cm³/mol. The van der Waals surface area contributed by atoms with Gasteiger partial charge in [-0.05, 0) is 48.8 Å². The molecule has 0 aliphatic carbocycles. The highest BCUT2D eigenvalue weighted by Crippen LogP contribution is 2.21. The number of likely N-dealkylation sites (tertiary alicyclic amines) is 1. The van der Waals surface area contributed by atoms with E-state index in [2.05, 4.69) is 31.9 Å². The first-order valence-electron chi connectivity index (χ1n) is 19.4. The fourth-order valence-corrected chi connectivity index (χ4v) is 6.39. The molecule has 10 amide bonds. The van der Waals surface area contributed by atoms with Crippen LogP contribution in [0.2, 0.25) is 0 Å². The van der Waals surface area contributed by atoms with Gasteiger partial charge in [-0.25, -0.2) is 0 Å². The molecule has 0 unspecified atom stereocenters. The van der Waals surface area contributed by atoms with Crippen molar-refractivity contribution in [3.05, 3.63) is 29.8 Å². The number of hydrogen-bond acceptors (Lipinski definition) is 12. The van der Waals surface area contributed by atoms with Crippen molar-refractivity contribution in [1.82, 2.24) is 36.8 Å². The number of aliphatic hydroxyl groups is 1. The minimum atomic E-state index is -1.76. The monoisotopic (exact) mass is 846 g/mol. The molecule has 0 radical (unpaired) electrons. The number of carbonyl (C=O) groups is 10. The molecule has 1 aromatic carbocycles. The number of benzene rings is 1. The van der Waals surface area contributed by atoms with E-state index in [4.69, 9.17) is 17.2 Å². The van der Waals surface area contributed by atoms with E-state index in [9.17, 15) is 58.2 Å². The zero-order valence-corrected chi connectivity index (χ0v) is 34.3. The lowest BCUT2D eigenvalue weighted by Crippen LogP contribution is -2.61. The molecule has 7 atom stereocenters. The lowest BCUT2D eigenvalue weighted by molar-refractivity contribution is -0.143. The molecule has 14 N–H and O–H groups in total. The molecule has 0 spiro atoms. The zero-order valence-electron chi connectivity index (χ0n) is 34.3. The standard InChI is InChI=1S/C38H58N10O12/c1-18(2)30(32(41)54)46-37(59)31(19(3)4)47-36(58)27-7-6-14-48(27)38(60)25(15-21-8-10-22(51)11-9-21)45-34(56)24(16-29(40)53)44-33(55)23(12-13-28(39)52)43-35(57)26(17-49)42-20(5)50/h8-11,18-19,23-27,30-31,49,51H,6-7,12-17H2,1-5H3,(H2,39,52)(H2,40,53)(H2,41,54)(H,42,50)(H,43,57)(H,44,55)(H,45,56)(H,46,59)(H,47,58)/t23-,24-,25+,26-,27+,30-,31+/m1/s1. The summed E-state index contributed by atoms with van der Waals surface area (Å²) in [7, 11) is 0. The fraction of sp³-hybridized carbons (Fsp3) is 0.579. The van der Waals surface area contributed by atoms with Crippen molar-refractivity contribution >= 4 is 59.1 Å². The number of phenolic OH excluding ortho intramolecular Hbond substituents is 1. The first kappa shape index (κ1) is 49.8. The van der Waals surface area contributed by atoms with Gasteiger partial charge in [-0.15, -0.1) is 0 Å². The molecule has 1 fully saturated rings. The van der Waals surface area contributed by atoms with E-state index in [0.717, 1.165) is 6.92 Å². The van der Waals surface area contributed by atoms with Crippen molar-refractivity contribution in [1.29, 1.82) is 0 Å². The minimum Gasteiger partial charge on any atom is -0.508 e. The Kier molecular flexibility index (Phi) is 19.4. The summed E-state index contributed by atoms with van der Waals surface area (Å²) in [6.07, 6.45) is -1.32. The molecule has 2 rings (SSSR count). The van der Waals surface area contributed by atoms with Crippen LogP contribution in [-0.4, -0.2) is 130 Å². The maximum atomic E-state index is 14.4. The van der Waals surface area contributed by atoms with Gasteiger partial charge in [-0.1, -0.05) is 39.8 Å². The average molecular weight is 847 g/mol. The number of nitrogens with zero attached hydrogens (tertiary/aromatic N) is 1. The van der Waals surface area contributed by atoms with Gasteiger partial charge < -0.3 is 64.2 Å². The zero-order chi connectivity index (χ0) is 45.4. The van der Waals surface area contributed by atoms with Crippen LogP contribution in [0.4, 0.5) is 0 Å². The third kappa shape index (κ3) is 15.5. The highest BCUT2D eigenvalue weighted by atomic mass is 16.3. The highest BCUT2D eigenvalue weighted by molar-refractivity contribution is 5.99. The molecule has 0 bridgehead atoms. The average Bonchev–Trinajstić information content (AvgIpc) is 3.66. The number of amides is 10. The van der Waals surface area contributed by atoms with Crippen LogP contribution < -0.4 is 49.1 Å². The number of aliphatic hydroxyl groups excluding tert-OH is 1. The molecule has 22 heteroatoms. The summed E-state index contributed by atoms with van der Waals surface area (Å²) < 4.78 is 0. The Morgan fingerprint density at radius 1 is 0.700 bits per heavy atom. The van der Waals surface area contributed by atoms with Gasteiger partial charge in [0.1, 0.15) is 48.0 Å². The molecular weight excluding hydrogens is 788 g/mol. The molecule has 1 saturated heterocycles. The summed E-state index contributed by atoms with van der Waals surface area (Å²) in [6.45, 7) is 7.00. The van der Waals surface area contributed by atoms with E-state index in [1.54, 1.807) is 27.7 Å². The molecule has 1 aliphatic heterocycles. The number of aromatic hydroxyl groups is 1. The number of phenols is 1. The maximum Gasteiger partial charge on any atom is 0.246 e. The third-order valence-electron chi connectivity index (χ3n) is 9.57. The first-order chi connectivity index (χ1) is 28.0. The van der Waals surface area contributed by atoms with Crippen molar-refractivity contribution < 1.29 is 58.2 Å². The second-order valence-electron chi connectivity index (χ2n) is 15.2. The summed E-state index contributed by atoms with van der Waals surface area (Å²) in [5, 5.41) is 34.0. The van der Waals surface area contributed by atoms with E-state index in [-0.39, 0.29) is 31.1 Å². The van der Waals surface area contributed by atoms with E-state index in [0.29, 0.717) is 12.0 Å². The Hall–Kier alpha value is -6.32. The summed E-state index contributed by atoms with van der Waals surface area (Å²) in [5.74, 6) is -9.56. The van der Waals surface area contributed by atoms with Crippen LogP contribution in [0.3, 0.4) is 0 Å². The van der Waals surface area contributed by atoms with Gasteiger partial charge in [-0.2, -0.15) is 0 Å². The predicted octanol–water partition coefficient (Wildman–Crippen LogP) is -4.22. The van der Waals surface area contributed by atoms with E-state index in [1.165, 1.54) is 29.2 Å². The molecule has 332 valence electrons. The van der Waals surface area contributed by atoms with Crippen molar-refractivity contribution in [3.8, 4) is 5.75 Å². The molecule has 22 nitrogen and oxygen atoms in total. The normalized spacial score (nSPS) is 16.6. The second-order valence-corrected chi connectivity index (χ2v) is 15.2. The lowest BCUT2D eigenvalue weighted by Gasteiger charge is -2.32. The van der Waals surface area contributed by atoms with Gasteiger partial charge in [0.05, 0.1) is 13.0 Å². The number of nitrogens with two attached hydrogens (primary N) is 3. The number of primary amides is 3. The number of hydrogen-bond donors (Lipinski definition) is 11. The number of nitrogens with one attached hydrogen (secondary N) is 6. The largest absolute Gasteiger partial charge is 0.508 e. The van der Waals surface area contributed by atoms with E-state index >= 15 is 0 Å². The first-order valence-corrected chi connectivity index (χ1v) is 19.4. The number of carbonyl (C=O) groups excluding carboxylic acids is 10. The van der Waals surface area contributed by atoms with Crippen LogP contribution in [0.25, 0.3) is 0 Å². The smallest absolute Gasteiger partial charge is 0.246 e. The molecule has 0 aromatic heterocycles. The summed E-state index contributed by atoms with van der Waals surface area (Å²) >= 11 is 0. The Bertz CT molecular complexity index is 1760. The quantitative estimate of drug-likeness (QED) is 0.0500. The lowest BCUT2D eigenvalue weighted by atomic mass is 9.99. The van der Waals surface area contributed by atoms with Gasteiger partial charge in [0.15, 0.2) is 0 Å². The van der Waals surface area contributed by atoms with E-state index in [1.807, 2.05) is 0 Å².